The maximum Gasteiger partial charge on any atom is 0.130 e. The van der Waals surface area contributed by atoms with Gasteiger partial charge in [0, 0.05) is 0 Å². The highest BCUT2D eigenvalue weighted by molar-refractivity contribution is 7.19. The van der Waals surface area contributed by atoms with Crippen LogP contribution in [-0.4, -0.2) is 69.8 Å². The van der Waals surface area contributed by atoms with E-state index in [1.54, 1.807) is 0 Å². The van der Waals surface area contributed by atoms with E-state index in [2.05, 4.69) is 275 Å². The van der Waals surface area contributed by atoms with Gasteiger partial charge in [0.15, 0.2) is 0 Å². The smallest absolute Gasteiger partial charge is 0.130 e. The third-order valence-electron chi connectivity index (χ3n) is 10.6. The lowest BCUT2D eigenvalue weighted by molar-refractivity contribution is -0.786. The van der Waals surface area contributed by atoms with Crippen LogP contribution in [0.4, 0.5) is 22.7 Å². The molecule has 7 nitrogen and oxygen atoms in total. The summed E-state index contributed by atoms with van der Waals surface area (Å²) in [5.74, 6) is 0. The fourth-order valence-corrected chi connectivity index (χ4v) is 7.21. The number of rotatable bonds is 8. The number of para-hydroxylation sites is 4. The molecule has 9 heteroatoms. The SMILES string of the molecule is C[NH+](C)c1ccccc1.C[NH+](C)c1ccccc1.C[NH+](C)c1ccccc1.C[NH+](C)c1ccccc1.[O-]B([O-])[O-].c1ccc([B-](c2ccccc2)(c2ccccc2)c2ccccc2)cc1. The van der Waals surface area contributed by atoms with E-state index in [1.807, 2.05) is 24.3 Å². The summed E-state index contributed by atoms with van der Waals surface area (Å²) in [6, 6.07) is 85.1. The number of hydrogen-bond donors (Lipinski definition) is 4. The van der Waals surface area contributed by atoms with Gasteiger partial charge >= 0.3 is 0 Å². The Bertz CT molecular complexity index is 2010. The molecule has 0 aliphatic heterocycles. The fourth-order valence-electron chi connectivity index (χ4n) is 7.21. The lowest BCUT2D eigenvalue weighted by Crippen LogP contribution is -3.00. The molecule has 0 aromatic heterocycles. The summed E-state index contributed by atoms with van der Waals surface area (Å²) in [4.78, 5) is 5.48. The molecule has 0 spiro atoms. The maximum absolute atomic E-state index is 8.42. The van der Waals surface area contributed by atoms with Crippen molar-refractivity contribution in [2.45, 2.75) is 0 Å². The quantitative estimate of drug-likeness (QED) is 0.172. The van der Waals surface area contributed by atoms with Gasteiger partial charge in [-0.1, -0.05) is 194 Å². The van der Waals surface area contributed by atoms with E-state index < -0.39 is 13.5 Å². The first-order valence-corrected chi connectivity index (χ1v) is 22.1. The van der Waals surface area contributed by atoms with Crippen molar-refractivity contribution in [2.24, 2.45) is 0 Å². The van der Waals surface area contributed by atoms with Crippen LogP contribution in [0, 0.1) is 0 Å². The van der Waals surface area contributed by atoms with Crippen molar-refractivity contribution in [3.63, 3.8) is 0 Å². The molecule has 4 N–H and O–H groups in total. The summed E-state index contributed by atoms with van der Waals surface area (Å²) in [7, 11) is 14.0. The van der Waals surface area contributed by atoms with E-state index in [0.717, 1.165) is 0 Å². The highest BCUT2D eigenvalue weighted by atomic mass is 16.5. The number of benzene rings is 8. The van der Waals surface area contributed by atoms with Crippen LogP contribution in [0.1, 0.15) is 0 Å². The molecule has 0 saturated heterocycles. The van der Waals surface area contributed by atoms with Crippen LogP contribution in [0.25, 0.3) is 0 Å². The van der Waals surface area contributed by atoms with Gasteiger partial charge in [-0.05, 0) is 48.5 Å². The number of nitrogens with one attached hydrogen (secondary N) is 4. The van der Waals surface area contributed by atoms with Gasteiger partial charge in [-0.15, -0.1) is 0 Å². The monoisotopic (exact) mass is 867 g/mol. The normalized spacial score (nSPS) is 10.3. The van der Waals surface area contributed by atoms with E-state index >= 15 is 0 Å². The lowest BCUT2D eigenvalue weighted by atomic mass is 9.13. The molecular formula is C56H68B2N4O3. The van der Waals surface area contributed by atoms with Crippen molar-refractivity contribution >= 4 is 58.1 Å². The zero-order chi connectivity index (χ0) is 47.3. The molecule has 0 heterocycles. The first kappa shape index (κ1) is 53.0. The zero-order valence-electron chi connectivity index (χ0n) is 39.5. The molecular weight excluding hydrogens is 798 g/mol. The first-order valence-electron chi connectivity index (χ1n) is 22.1. The van der Waals surface area contributed by atoms with Gasteiger partial charge < -0.3 is 34.7 Å². The van der Waals surface area contributed by atoms with Crippen LogP contribution < -0.4 is 56.5 Å². The van der Waals surface area contributed by atoms with E-state index in [0.29, 0.717) is 0 Å². The third kappa shape index (κ3) is 18.7. The molecule has 8 rings (SSSR count). The molecule has 8 aromatic carbocycles. The Balaban J connectivity index is 0.000000233. The molecule has 0 unspecified atom stereocenters. The predicted molar refractivity (Wildman–Crippen MR) is 271 cm³/mol. The average molecular weight is 867 g/mol. The van der Waals surface area contributed by atoms with Gasteiger partial charge in [-0.25, -0.2) is 0 Å². The molecule has 65 heavy (non-hydrogen) atoms. The summed E-state index contributed by atoms with van der Waals surface area (Å²) >= 11 is 0. The standard InChI is InChI=1S/C24H20B.4C8H11N.BO3/c1-5-13-21(14-6-1)25(22-15-7-2-8-16-22,23-17-9-3-10-18-23)24-19-11-4-12-20-24;4*1-9(2)8-6-4-3-5-7-8;2-1(3)4/h1-20H;4*3-7H,1-2H3;/q-1;;;;;-3/p+4. The fraction of sp³-hybridized carbons (Fsp3) is 0.143. The predicted octanol–water partition coefficient (Wildman–Crippen LogP) is 0.967. The second-order valence-corrected chi connectivity index (χ2v) is 16.3. The van der Waals surface area contributed by atoms with Gasteiger partial charge in [0.05, 0.1) is 56.4 Å². The Morgan fingerprint density at radius 1 is 0.246 bits per heavy atom. The summed E-state index contributed by atoms with van der Waals surface area (Å²) in [6.45, 7) is 0. The summed E-state index contributed by atoms with van der Waals surface area (Å²) in [5.41, 5.74) is 10.7. The van der Waals surface area contributed by atoms with E-state index in [4.69, 9.17) is 15.1 Å². The minimum atomic E-state index is -2.92. The minimum Gasteiger partial charge on any atom is -0.907 e. The third-order valence-corrected chi connectivity index (χ3v) is 10.6. The molecule has 0 aliphatic carbocycles. The van der Waals surface area contributed by atoms with Crippen molar-refractivity contribution in [1.82, 2.24) is 0 Å². The highest BCUT2D eigenvalue weighted by Crippen LogP contribution is 2.09. The lowest BCUT2D eigenvalue weighted by Gasteiger charge is -2.44. The number of hydrogen-bond acceptors (Lipinski definition) is 3. The van der Waals surface area contributed by atoms with Crippen molar-refractivity contribution in [2.75, 3.05) is 56.4 Å². The Hall–Kier alpha value is -6.39. The molecule has 8 aromatic rings. The molecule has 0 aliphatic rings. The zero-order valence-corrected chi connectivity index (χ0v) is 39.5. The van der Waals surface area contributed by atoms with Crippen molar-refractivity contribution in [1.29, 1.82) is 0 Å². The Kier molecular flexibility index (Phi) is 24.3. The molecule has 0 bridgehead atoms. The topological polar surface area (TPSA) is 86.9 Å². The minimum absolute atomic E-state index is 1.22. The molecule has 0 atom stereocenters. The van der Waals surface area contributed by atoms with Crippen LogP contribution in [-0.2, 0) is 0 Å². The second kappa shape index (κ2) is 29.9. The summed E-state index contributed by atoms with van der Waals surface area (Å²) < 4.78 is 0. The van der Waals surface area contributed by atoms with Crippen molar-refractivity contribution in [3.05, 3.63) is 243 Å². The van der Waals surface area contributed by atoms with E-state index in [-0.39, 0.29) is 0 Å². The first-order chi connectivity index (χ1) is 31.4. The molecule has 0 saturated carbocycles. The molecule has 336 valence electrons. The molecule has 0 amide bonds. The Morgan fingerprint density at radius 3 is 0.477 bits per heavy atom. The summed E-state index contributed by atoms with van der Waals surface area (Å²) in [5, 5.41) is 25.2. The highest BCUT2D eigenvalue weighted by Gasteiger charge is 2.31. The summed E-state index contributed by atoms with van der Waals surface area (Å²) in [6.07, 6.45) is -1.22. The van der Waals surface area contributed by atoms with Gasteiger partial charge in [-0.2, -0.15) is 21.9 Å². The van der Waals surface area contributed by atoms with E-state index in [9.17, 15) is 0 Å². The van der Waals surface area contributed by atoms with Crippen molar-refractivity contribution in [3.8, 4) is 0 Å². The van der Waals surface area contributed by atoms with Crippen molar-refractivity contribution < 1.29 is 34.7 Å². The maximum atomic E-state index is 8.42. The Morgan fingerprint density at radius 2 is 0.369 bits per heavy atom. The van der Waals surface area contributed by atoms with Gasteiger partial charge in [0.1, 0.15) is 28.9 Å². The van der Waals surface area contributed by atoms with Gasteiger partial charge in [-0.3, -0.25) is 7.32 Å². The van der Waals surface area contributed by atoms with Crippen LogP contribution in [0.5, 0.6) is 0 Å². The Labute approximate surface area is 390 Å². The second-order valence-electron chi connectivity index (χ2n) is 16.3. The van der Waals surface area contributed by atoms with Gasteiger partial charge in [0.2, 0.25) is 0 Å². The average Bonchev–Trinajstić information content (AvgIpc) is 3.35. The van der Waals surface area contributed by atoms with Crippen LogP contribution in [0.3, 0.4) is 0 Å². The number of quaternary nitrogens is 4. The largest absolute Gasteiger partial charge is 0.907 e. The van der Waals surface area contributed by atoms with Crippen LogP contribution >= 0.6 is 0 Å². The van der Waals surface area contributed by atoms with Crippen LogP contribution in [0.15, 0.2) is 243 Å². The van der Waals surface area contributed by atoms with Gasteiger partial charge in [0.25, 0.3) is 0 Å². The molecule has 0 radical (unpaired) electrons. The molecule has 0 fully saturated rings. The van der Waals surface area contributed by atoms with E-state index in [1.165, 1.54) is 64.2 Å². The van der Waals surface area contributed by atoms with Crippen LogP contribution in [0.2, 0.25) is 0 Å².